The zero-order valence-electron chi connectivity index (χ0n) is 15.1. The summed E-state index contributed by atoms with van der Waals surface area (Å²) in [6.07, 6.45) is 0. The van der Waals surface area contributed by atoms with E-state index in [-0.39, 0.29) is 11.7 Å². The molecule has 1 aromatic heterocycles. The van der Waals surface area contributed by atoms with Gasteiger partial charge in [-0.3, -0.25) is 4.79 Å². The SMILES string of the molecule is CCSc1nc2c(C)cccc2c(C)c1C(=O)NCc1ccc(F)cc1. The fraction of sp³-hybridized carbons (Fsp3) is 0.238. The average molecular weight is 368 g/mol. The van der Waals surface area contributed by atoms with Crippen LogP contribution < -0.4 is 5.32 Å². The van der Waals surface area contributed by atoms with Crippen molar-refractivity contribution < 1.29 is 9.18 Å². The van der Waals surface area contributed by atoms with Crippen LogP contribution in [0.15, 0.2) is 47.5 Å². The van der Waals surface area contributed by atoms with E-state index in [2.05, 4.69) is 5.32 Å². The molecule has 134 valence electrons. The van der Waals surface area contributed by atoms with Gasteiger partial charge in [-0.2, -0.15) is 0 Å². The van der Waals surface area contributed by atoms with Crippen LogP contribution in [-0.4, -0.2) is 16.6 Å². The summed E-state index contributed by atoms with van der Waals surface area (Å²) in [6, 6.07) is 12.2. The summed E-state index contributed by atoms with van der Waals surface area (Å²) in [6.45, 7) is 6.39. The maximum Gasteiger partial charge on any atom is 0.254 e. The number of thioether (sulfide) groups is 1. The molecule has 0 fully saturated rings. The molecule has 0 unspecified atom stereocenters. The summed E-state index contributed by atoms with van der Waals surface area (Å²) in [5.41, 5.74) is 4.45. The molecule has 3 aromatic rings. The van der Waals surface area contributed by atoms with E-state index >= 15 is 0 Å². The zero-order valence-corrected chi connectivity index (χ0v) is 15.9. The van der Waals surface area contributed by atoms with Crippen LogP contribution in [0.2, 0.25) is 0 Å². The molecule has 0 saturated heterocycles. The van der Waals surface area contributed by atoms with Crippen molar-refractivity contribution in [3.8, 4) is 0 Å². The number of fused-ring (bicyclic) bond motifs is 1. The molecule has 1 N–H and O–H groups in total. The van der Waals surface area contributed by atoms with E-state index in [0.717, 1.165) is 38.4 Å². The second-order valence-corrected chi connectivity index (χ2v) is 7.38. The molecule has 0 bridgehead atoms. The highest BCUT2D eigenvalue weighted by atomic mass is 32.2. The number of hydrogen-bond donors (Lipinski definition) is 1. The van der Waals surface area contributed by atoms with Crippen LogP contribution in [0.3, 0.4) is 0 Å². The highest BCUT2D eigenvalue weighted by molar-refractivity contribution is 7.99. The first-order chi connectivity index (χ1) is 12.5. The van der Waals surface area contributed by atoms with Gasteiger partial charge in [0, 0.05) is 11.9 Å². The van der Waals surface area contributed by atoms with E-state index in [4.69, 9.17) is 4.98 Å². The summed E-state index contributed by atoms with van der Waals surface area (Å²) in [5, 5.41) is 4.69. The first-order valence-electron chi connectivity index (χ1n) is 8.56. The predicted octanol–water partition coefficient (Wildman–Crippen LogP) is 5.03. The fourth-order valence-corrected chi connectivity index (χ4v) is 3.76. The minimum absolute atomic E-state index is 0.154. The fourth-order valence-electron chi connectivity index (χ4n) is 2.94. The maximum absolute atomic E-state index is 13.0. The summed E-state index contributed by atoms with van der Waals surface area (Å²) < 4.78 is 13.0. The van der Waals surface area contributed by atoms with Crippen molar-refractivity contribution in [1.29, 1.82) is 0 Å². The van der Waals surface area contributed by atoms with Gasteiger partial charge in [0.15, 0.2) is 0 Å². The smallest absolute Gasteiger partial charge is 0.254 e. The summed E-state index contributed by atoms with van der Waals surface area (Å²) >= 11 is 1.57. The molecule has 1 heterocycles. The quantitative estimate of drug-likeness (QED) is 0.642. The van der Waals surface area contributed by atoms with Crippen molar-refractivity contribution in [2.75, 3.05) is 5.75 Å². The second kappa shape index (κ2) is 7.87. The molecule has 5 heteroatoms. The lowest BCUT2D eigenvalue weighted by Crippen LogP contribution is -2.25. The molecule has 0 spiro atoms. The van der Waals surface area contributed by atoms with Gasteiger partial charge in [-0.25, -0.2) is 9.37 Å². The lowest BCUT2D eigenvalue weighted by Gasteiger charge is -2.15. The van der Waals surface area contributed by atoms with Crippen LogP contribution in [0, 0.1) is 19.7 Å². The molecule has 1 amide bonds. The molecule has 0 aliphatic heterocycles. The Kier molecular flexibility index (Phi) is 5.57. The standard InChI is InChI=1S/C21H21FN2OS/c1-4-26-21-18(14(3)17-7-5-6-13(2)19(17)24-21)20(25)23-12-15-8-10-16(22)11-9-15/h5-11H,4,12H2,1-3H3,(H,23,25). The number of nitrogens with zero attached hydrogens (tertiary/aromatic N) is 1. The topological polar surface area (TPSA) is 42.0 Å². The van der Waals surface area contributed by atoms with E-state index in [1.54, 1.807) is 23.9 Å². The molecule has 0 atom stereocenters. The van der Waals surface area contributed by atoms with Crippen molar-refractivity contribution in [2.45, 2.75) is 32.3 Å². The van der Waals surface area contributed by atoms with Gasteiger partial charge in [-0.15, -0.1) is 11.8 Å². The number of nitrogens with one attached hydrogen (secondary N) is 1. The number of aromatic nitrogens is 1. The Hall–Kier alpha value is -2.40. The second-order valence-electron chi connectivity index (χ2n) is 6.13. The molecular weight excluding hydrogens is 347 g/mol. The normalized spacial score (nSPS) is 10.9. The Morgan fingerprint density at radius 3 is 2.58 bits per heavy atom. The Morgan fingerprint density at radius 2 is 1.88 bits per heavy atom. The van der Waals surface area contributed by atoms with Gasteiger partial charge in [0.2, 0.25) is 0 Å². The van der Waals surface area contributed by atoms with Gasteiger partial charge in [0.05, 0.1) is 11.1 Å². The molecule has 0 saturated carbocycles. The largest absolute Gasteiger partial charge is 0.348 e. The first-order valence-corrected chi connectivity index (χ1v) is 9.55. The number of carbonyl (C=O) groups is 1. The van der Waals surface area contributed by atoms with Crippen LogP contribution in [0.4, 0.5) is 4.39 Å². The molecule has 3 nitrogen and oxygen atoms in total. The van der Waals surface area contributed by atoms with Crippen molar-refractivity contribution in [3.05, 3.63) is 70.5 Å². The average Bonchev–Trinajstić information content (AvgIpc) is 2.62. The maximum atomic E-state index is 13.0. The highest BCUT2D eigenvalue weighted by Gasteiger charge is 2.19. The monoisotopic (exact) mass is 368 g/mol. The minimum atomic E-state index is -0.286. The molecule has 2 aromatic carbocycles. The number of rotatable bonds is 5. The molecule has 0 aliphatic carbocycles. The molecule has 3 rings (SSSR count). The lowest BCUT2D eigenvalue weighted by atomic mass is 10.0. The van der Waals surface area contributed by atoms with Crippen LogP contribution in [0.1, 0.15) is 34.0 Å². The Labute approximate surface area is 157 Å². The lowest BCUT2D eigenvalue weighted by molar-refractivity contribution is 0.0947. The van der Waals surface area contributed by atoms with Gasteiger partial charge in [0.25, 0.3) is 5.91 Å². The number of para-hydroxylation sites is 1. The number of benzene rings is 2. The van der Waals surface area contributed by atoms with Gasteiger partial charge in [0.1, 0.15) is 10.8 Å². The first kappa shape index (κ1) is 18.4. The van der Waals surface area contributed by atoms with Crippen LogP contribution in [0.5, 0.6) is 0 Å². The Bertz CT molecular complexity index is 954. The summed E-state index contributed by atoms with van der Waals surface area (Å²) in [4.78, 5) is 17.7. The number of halogens is 1. The molecule has 0 radical (unpaired) electrons. The van der Waals surface area contributed by atoms with Crippen LogP contribution in [-0.2, 0) is 6.54 Å². The third kappa shape index (κ3) is 3.73. The third-order valence-corrected chi connectivity index (χ3v) is 5.18. The van der Waals surface area contributed by atoms with Crippen LogP contribution >= 0.6 is 11.8 Å². The number of carbonyl (C=O) groups excluding carboxylic acids is 1. The van der Waals surface area contributed by atoms with Crippen molar-refractivity contribution in [3.63, 3.8) is 0 Å². The minimum Gasteiger partial charge on any atom is -0.348 e. The van der Waals surface area contributed by atoms with E-state index in [9.17, 15) is 9.18 Å². The molecule has 26 heavy (non-hydrogen) atoms. The number of hydrogen-bond acceptors (Lipinski definition) is 3. The molecular formula is C21H21FN2OS. The predicted molar refractivity (Wildman–Crippen MR) is 105 cm³/mol. The zero-order chi connectivity index (χ0) is 18.7. The van der Waals surface area contributed by atoms with E-state index in [1.165, 1.54) is 12.1 Å². The van der Waals surface area contributed by atoms with Gasteiger partial charge in [-0.1, -0.05) is 37.3 Å². The van der Waals surface area contributed by atoms with Crippen molar-refractivity contribution in [1.82, 2.24) is 10.3 Å². The van der Waals surface area contributed by atoms with Gasteiger partial charge in [-0.05, 0) is 48.4 Å². The number of pyridine rings is 1. The van der Waals surface area contributed by atoms with Gasteiger partial charge < -0.3 is 5.32 Å². The highest BCUT2D eigenvalue weighted by Crippen LogP contribution is 2.30. The Balaban J connectivity index is 1.96. The molecule has 0 aliphatic rings. The summed E-state index contributed by atoms with van der Waals surface area (Å²) in [7, 11) is 0. The third-order valence-electron chi connectivity index (χ3n) is 4.32. The van der Waals surface area contributed by atoms with Gasteiger partial charge >= 0.3 is 0 Å². The van der Waals surface area contributed by atoms with E-state index in [1.807, 2.05) is 39.0 Å². The number of aryl methyl sites for hydroxylation is 2. The van der Waals surface area contributed by atoms with Crippen LogP contribution in [0.25, 0.3) is 10.9 Å². The summed E-state index contributed by atoms with van der Waals surface area (Å²) in [5.74, 6) is 0.396. The van der Waals surface area contributed by atoms with Crippen molar-refractivity contribution in [2.24, 2.45) is 0 Å². The Morgan fingerprint density at radius 1 is 1.15 bits per heavy atom. The number of amides is 1. The van der Waals surface area contributed by atoms with Crippen molar-refractivity contribution >= 4 is 28.6 Å². The van der Waals surface area contributed by atoms with E-state index < -0.39 is 0 Å². The van der Waals surface area contributed by atoms with E-state index in [0.29, 0.717) is 12.1 Å².